The zero-order chi connectivity index (χ0) is 11.8. The molecule has 3 heteroatoms. The molecule has 0 aromatic carbocycles. The van der Waals surface area contributed by atoms with Gasteiger partial charge in [-0.15, -0.1) is 0 Å². The quantitative estimate of drug-likeness (QED) is 0.776. The van der Waals surface area contributed by atoms with E-state index < -0.39 is 0 Å². The van der Waals surface area contributed by atoms with Gasteiger partial charge in [0.2, 0.25) is 0 Å². The molecule has 16 heavy (non-hydrogen) atoms. The van der Waals surface area contributed by atoms with Crippen LogP contribution in [-0.4, -0.2) is 29.5 Å². The standard InChI is InChI=1S/C13H25N3/c1-10(2)6-7-13(3)9-15-12(14)16(13)8-11-4-5-11/h10-11H,4-9H2,1-3H3,(H2,14,15). The third-order valence-corrected chi connectivity index (χ3v) is 3.91. The third kappa shape index (κ3) is 2.50. The zero-order valence-corrected chi connectivity index (χ0v) is 10.9. The van der Waals surface area contributed by atoms with Gasteiger partial charge in [-0.05, 0) is 44.4 Å². The predicted octanol–water partition coefficient (Wildman–Crippen LogP) is 2.22. The minimum Gasteiger partial charge on any atom is -0.370 e. The van der Waals surface area contributed by atoms with Crippen LogP contribution >= 0.6 is 0 Å². The maximum absolute atomic E-state index is 6.01. The molecule has 1 aliphatic heterocycles. The lowest BCUT2D eigenvalue weighted by Crippen LogP contribution is -2.50. The molecule has 1 aliphatic carbocycles. The highest BCUT2D eigenvalue weighted by atomic mass is 15.4. The van der Waals surface area contributed by atoms with Crippen molar-refractivity contribution in [3.63, 3.8) is 0 Å². The summed E-state index contributed by atoms with van der Waals surface area (Å²) in [4.78, 5) is 6.82. The number of nitrogens with two attached hydrogens (primary N) is 1. The summed E-state index contributed by atoms with van der Waals surface area (Å²) in [5.41, 5.74) is 6.20. The van der Waals surface area contributed by atoms with E-state index in [2.05, 4.69) is 30.7 Å². The summed E-state index contributed by atoms with van der Waals surface area (Å²) in [6.45, 7) is 8.91. The van der Waals surface area contributed by atoms with E-state index in [1.165, 1.54) is 25.7 Å². The molecular weight excluding hydrogens is 198 g/mol. The van der Waals surface area contributed by atoms with Gasteiger partial charge in [0.25, 0.3) is 0 Å². The number of hydrogen-bond donors (Lipinski definition) is 1. The predicted molar refractivity (Wildman–Crippen MR) is 68.4 cm³/mol. The van der Waals surface area contributed by atoms with E-state index >= 15 is 0 Å². The first-order valence-electron chi connectivity index (χ1n) is 6.59. The van der Waals surface area contributed by atoms with Gasteiger partial charge in [0.15, 0.2) is 5.96 Å². The van der Waals surface area contributed by atoms with Crippen LogP contribution < -0.4 is 5.73 Å². The number of guanidine groups is 1. The minimum absolute atomic E-state index is 0.191. The number of nitrogens with zero attached hydrogens (tertiary/aromatic N) is 2. The van der Waals surface area contributed by atoms with Crippen molar-refractivity contribution >= 4 is 5.96 Å². The molecule has 1 fully saturated rings. The van der Waals surface area contributed by atoms with Crippen LogP contribution in [0.4, 0.5) is 0 Å². The van der Waals surface area contributed by atoms with Gasteiger partial charge in [0.05, 0.1) is 12.1 Å². The molecule has 1 unspecified atom stereocenters. The van der Waals surface area contributed by atoms with Crippen LogP contribution in [0.5, 0.6) is 0 Å². The van der Waals surface area contributed by atoms with Gasteiger partial charge in [-0.2, -0.15) is 0 Å². The molecule has 0 spiro atoms. The van der Waals surface area contributed by atoms with Crippen molar-refractivity contribution < 1.29 is 0 Å². The van der Waals surface area contributed by atoms with Crippen molar-refractivity contribution in [3.8, 4) is 0 Å². The first kappa shape index (κ1) is 11.7. The van der Waals surface area contributed by atoms with Gasteiger partial charge in [0, 0.05) is 6.54 Å². The molecule has 2 aliphatic rings. The summed E-state index contributed by atoms with van der Waals surface area (Å²) in [7, 11) is 0. The summed E-state index contributed by atoms with van der Waals surface area (Å²) in [5, 5.41) is 0. The molecule has 0 amide bonds. The van der Waals surface area contributed by atoms with Crippen molar-refractivity contribution in [1.29, 1.82) is 0 Å². The van der Waals surface area contributed by atoms with E-state index in [-0.39, 0.29) is 5.54 Å². The molecule has 0 aromatic heterocycles. The van der Waals surface area contributed by atoms with Gasteiger partial charge in [0.1, 0.15) is 0 Å². The van der Waals surface area contributed by atoms with Gasteiger partial charge in [-0.3, -0.25) is 4.99 Å². The average Bonchev–Trinajstić information content (AvgIpc) is 2.99. The van der Waals surface area contributed by atoms with Crippen LogP contribution in [0.15, 0.2) is 4.99 Å². The molecule has 1 atom stereocenters. The summed E-state index contributed by atoms with van der Waals surface area (Å²) < 4.78 is 0. The Labute approximate surface area is 99.1 Å². The highest BCUT2D eigenvalue weighted by Gasteiger charge is 2.40. The topological polar surface area (TPSA) is 41.6 Å². The lowest BCUT2D eigenvalue weighted by atomic mass is 9.91. The Bertz CT molecular complexity index is 281. The average molecular weight is 223 g/mol. The van der Waals surface area contributed by atoms with E-state index in [4.69, 9.17) is 5.73 Å². The van der Waals surface area contributed by atoms with Gasteiger partial charge in [-0.25, -0.2) is 0 Å². The Morgan fingerprint density at radius 1 is 1.50 bits per heavy atom. The highest BCUT2D eigenvalue weighted by molar-refractivity contribution is 5.81. The monoisotopic (exact) mass is 223 g/mol. The second-order valence-corrected chi connectivity index (χ2v) is 6.16. The van der Waals surface area contributed by atoms with E-state index in [0.717, 1.165) is 30.9 Å². The fraction of sp³-hybridized carbons (Fsp3) is 0.923. The minimum atomic E-state index is 0.191. The zero-order valence-electron chi connectivity index (χ0n) is 10.9. The summed E-state index contributed by atoms with van der Waals surface area (Å²) in [6, 6.07) is 0. The molecule has 0 aromatic rings. The number of aliphatic imine (C=N–C) groups is 1. The van der Waals surface area contributed by atoms with Crippen molar-refractivity contribution in [2.24, 2.45) is 22.6 Å². The Balaban J connectivity index is 1.95. The molecule has 92 valence electrons. The molecule has 0 saturated heterocycles. The Hall–Kier alpha value is -0.730. The van der Waals surface area contributed by atoms with Crippen LogP contribution in [-0.2, 0) is 0 Å². The van der Waals surface area contributed by atoms with E-state index in [1.807, 2.05) is 0 Å². The lowest BCUT2D eigenvalue weighted by molar-refractivity contribution is 0.190. The van der Waals surface area contributed by atoms with Crippen LogP contribution in [0, 0.1) is 11.8 Å². The molecule has 0 radical (unpaired) electrons. The second kappa shape index (κ2) is 4.27. The number of rotatable bonds is 5. The normalized spacial score (nSPS) is 30.0. The van der Waals surface area contributed by atoms with E-state index in [9.17, 15) is 0 Å². The largest absolute Gasteiger partial charge is 0.370 e. The smallest absolute Gasteiger partial charge is 0.191 e. The number of hydrogen-bond acceptors (Lipinski definition) is 3. The van der Waals surface area contributed by atoms with Gasteiger partial charge < -0.3 is 10.6 Å². The van der Waals surface area contributed by atoms with E-state index in [0.29, 0.717) is 0 Å². The second-order valence-electron chi connectivity index (χ2n) is 6.16. The fourth-order valence-corrected chi connectivity index (χ4v) is 2.38. The molecular formula is C13H25N3. The Morgan fingerprint density at radius 3 is 2.75 bits per heavy atom. The molecule has 1 heterocycles. The van der Waals surface area contributed by atoms with Crippen molar-refractivity contribution in [2.75, 3.05) is 13.1 Å². The third-order valence-electron chi connectivity index (χ3n) is 3.91. The molecule has 0 bridgehead atoms. The van der Waals surface area contributed by atoms with Crippen LogP contribution in [0.1, 0.15) is 46.5 Å². The summed E-state index contributed by atoms with van der Waals surface area (Å²) in [6.07, 6.45) is 5.23. The van der Waals surface area contributed by atoms with Crippen molar-refractivity contribution in [2.45, 2.75) is 52.0 Å². The first-order chi connectivity index (χ1) is 7.51. The summed E-state index contributed by atoms with van der Waals surface area (Å²) in [5.74, 6) is 2.42. The van der Waals surface area contributed by atoms with Crippen LogP contribution in [0.3, 0.4) is 0 Å². The van der Waals surface area contributed by atoms with E-state index in [1.54, 1.807) is 0 Å². The first-order valence-corrected chi connectivity index (χ1v) is 6.59. The SMILES string of the molecule is CC(C)CCC1(C)CN=C(N)N1CC1CC1. The molecule has 3 nitrogen and oxygen atoms in total. The van der Waals surface area contributed by atoms with Gasteiger partial charge >= 0.3 is 0 Å². The van der Waals surface area contributed by atoms with Crippen LogP contribution in [0.25, 0.3) is 0 Å². The van der Waals surface area contributed by atoms with Crippen molar-refractivity contribution in [3.05, 3.63) is 0 Å². The molecule has 2 rings (SSSR count). The molecule has 1 saturated carbocycles. The maximum atomic E-state index is 6.01. The summed E-state index contributed by atoms with van der Waals surface area (Å²) >= 11 is 0. The lowest BCUT2D eigenvalue weighted by Gasteiger charge is -2.37. The van der Waals surface area contributed by atoms with Crippen molar-refractivity contribution in [1.82, 2.24) is 4.90 Å². The Kier molecular flexibility index (Phi) is 3.13. The Morgan fingerprint density at radius 2 is 2.19 bits per heavy atom. The van der Waals surface area contributed by atoms with Crippen LogP contribution in [0.2, 0.25) is 0 Å². The highest BCUT2D eigenvalue weighted by Crippen LogP contribution is 2.35. The van der Waals surface area contributed by atoms with Gasteiger partial charge in [-0.1, -0.05) is 13.8 Å². The maximum Gasteiger partial charge on any atom is 0.191 e. The fourth-order valence-electron chi connectivity index (χ4n) is 2.38. The molecule has 2 N–H and O–H groups in total.